The van der Waals surface area contributed by atoms with Gasteiger partial charge in [-0.2, -0.15) is 0 Å². The molecule has 1 aliphatic carbocycles. The lowest BCUT2D eigenvalue weighted by Gasteiger charge is -2.54. The number of carbonyl (C=O) groups is 1. The molecule has 190 valence electrons. The van der Waals surface area contributed by atoms with Gasteiger partial charge >= 0.3 is 0 Å². The molecule has 1 amide bonds. The van der Waals surface area contributed by atoms with Crippen LogP contribution in [0.25, 0.3) is 10.6 Å². The highest BCUT2D eigenvalue weighted by atomic mass is 32.1. The van der Waals surface area contributed by atoms with E-state index in [4.69, 9.17) is 0 Å². The number of hydrogen-bond acceptors (Lipinski definition) is 7. The quantitative estimate of drug-likeness (QED) is 0.569. The van der Waals surface area contributed by atoms with Crippen molar-refractivity contribution in [3.63, 3.8) is 0 Å². The molecule has 5 rings (SSSR count). The molecular weight excluding hydrogens is 488 g/mol. The van der Waals surface area contributed by atoms with E-state index in [9.17, 15) is 23.5 Å². The summed E-state index contributed by atoms with van der Waals surface area (Å²) < 4.78 is 29.2. The average Bonchev–Trinajstić information content (AvgIpc) is 3.44. The summed E-state index contributed by atoms with van der Waals surface area (Å²) in [6.07, 6.45) is 3.21. The molecule has 3 aromatic rings. The Morgan fingerprint density at radius 1 is 1.19 bits per heavy atom. The molecule has 0 bridgehead atoms. The van der Waals surface area contributed by atoms with Crippen LogP contribution in [0, 0.1) is 23.5 Å². The summed E-state index contributed by atoms with van der Waals surface area (Å²) in [6.45, 7) is 5.98. The van der Waals surface area contributed by atoms with E-state index in [0.717, 1.165) is 30.2 Å². The van der Waals surface area contributed by atoms with Gasteiger partial charge in [-0.1, -0.05) is 38.2 Å². The molecule has 2 aromatic heterocycles. The molecule has 11 heteroatoms. The number of benzene rings is 1. The summed E-state index contributed by atoms with van der Waals surface area (Å²) in [5, 5.41) is 21.7. The molecule has 1 aliphatic heterocycles. The molecule has 2 aliphatic rings. The van der Waals surface area contributed by atoms with Crippen molar-refractivity contribution in [1.29, 1.82) is 0 Å². The van der Waals surface area contributed by atoms with Gasteiger partial charge in [0.2, 0.25) is 5.43 Å². The Balaban J connectivity index is 1.60. The lowest BCUT2D eigenvalue weighted by atomic mass is 9.89. The second-order valence-electron chi connectivity index (χ2n) is 9.82. The Kier molecular flexibility index (Phi) is 5.66. The molecule has 0 saturated heterocycles. The van der Waals surface area contributed by atoms with Gasteiger partial charge in [0.05, 0.1) is 5.56 Å². The Hall–Kier alpha value is -3.34. The van der Waals surface area contributed by atoms with Crippen LogP contribution in [0.2, 0.25) is 0 Å². The zero-order valence-electron chi connectivity index (χ0n) is 20.6. The van der Waals surface area contributed by atoms with Crippen LogP contribution in [-0.4, -0.2) is 50.5 Å². The lowest BCUT2D eigenvalue weighted by Crippen LogP contribution is -2.69. The number of hydrogen-bond donors (Lipinski definition) is 1. The van der Waals surface area contributed by atoms with Crippen LogP contribution in [0.4, 0.5) is 8.78 Å². The van der Waals surface area contributed by atoms with Gasteiger partial charge in [-0.25, -0.2) is 8.78 Å². The van der Waals surface area contributed by atoms with Crippen molar-refractivity contribution in [3.8, 4) is 16.3 Å². The molecule has 3 heterocycles. The zero-order chi connectivity index (χ0) is 26.1. The first-order valence-corrected chi connectivity index (χ1v) is 12.6. The smallest absolute Gasteiger partial charge is 0.278 e. The van der Waals surface area contributed by atoms with Gasteiger partial charge in [-0.3, -0.25) is 19.3 Å². The highest BCUT2D eigenvalue weighted by Crippen LogP contribution is 2.47. The molecule has 4 atom stereocenters. The maximum atomic E-state index is 14.3. The van der Waals surface area contributed by atoms with E-state index in [0.29, 0.717) is 10.9 Å². The Bertz CT molecular complexity index is 1440. The van der Waals surface area contributed by atoms with Crippen molar-refractivity contribution in [2.24, 2.45) is 11.8 Å². The van der Waals surface area contributed by atoms with E-state index in [-0.39, 0.29) is 27.7 Å². The standard InChI is InChI=1S/C25H27F2N5O3S/c1-12-8-9-25(14(12)3)30(4)24(35)19-21(34)20(33)17(11-32(19)31(25)5)23-29-28-22(36-23)13(2)16-7-6-15(26)10-18(16)27/h6-7,10-14,34H,8-9H2,1-5H3/t12-,13?,14-,25?/m1/s1. The van der Waals surface area contributed by atoms with Crippen molar-refractivity contribution in [2.75, 3.05) is 19.1 Å². The largest absolute Gasteiger partial charge is 0.502 e. The fourth-order valence-electron chi connectivity index (χ4n) is 5.72. The molecule has 1 aromatic carbocycles. The van der Waals surface area contributed by atoms with E-state index < -0.39 is 40.3 Å². The third kappa shape index (κ3) is 3.28. The van der Waals surface area contributed by atoms with E-state index in [1.54, 1.807) is 23.5 Å². The minimum Gasteiger partial charge on any atom is -0.502 e. The molecule has 1 N–H and O–H groups in total. The molecule has 1 fully saturated rings. The van der Waals surface area contributed by atoms with E-state index >= 15 is 0 Å². The predicted octanol–water partition coefficient (Wildman–Crippen LogP) is 3.92. The summed E-state index contributed by atoms with van der Waals surface area (Å²) in [5.41, 5.74) is -1.10. The Labute approximate surface area is 210 Å². The number of rotatable bonds is 3. The number of halogens is 2. The van der Waals surface area contributed by atoms with Gasteiger partial charge in [-0.05, 0) is 30.4 Å². The van der Waals surface area contributed by atoms with E-state index in [2.05, 4.69) is 24.0 Å². The fraction of sp³-hybridized carbons (Fsp3) is 0.440. The summed E-state index contributed by atoms with van der Waals surface area (Å²) in [5.74, 6) is -2.45. The summed E-state index contributed by atoms with van der Waals surface area (Å²) >= 11 is 1.08. The average molecular weight is 516 g/mol. The fourth-order valence-corrected chi connectivity index (χ4v) is 6.64. The van der Waals surface area contributed by atoms with Crippen molar-refractivity contribution in [3.05, 3.63) is 62.5 Å². The Morgan fingerprint density at radius 3 is 2.56 bits per heavy atom. The topological polar surface area (TPSA) is 91.6 Å². The number of carbonyl (C=O) groups excluding carboxylic acids is 1. The maximum Gasteiger partial charge on any atom is 0.278 e. The number of fused-ring (bicyclic) bond motifs is 1. The zero-order valence-corrected chi connectivity index (χ0v) is 21.4. The third-order valence-electron chi connectivity index (χ3n) is 8.16. The number of aromatic nitrogens is 3. The highest BCUT2D eigenvalue weighted by molar-refractivity contribution is 7.14. The molecule has 36 heavy (non-hydrogen) atoms. The normalized spacial score (nSPS) is 24.5. The van der Waals surface area contributed by atoms with Crippen molar-refractivity contribution < 1.29 is 18.7 Å². The van der Waals surface area contributed by atoms with Gasteiger partial charge < -0.3 is 10.0 Å². The monoisotopic (exact) mass is 515 g/mol. The van der Waals surface area contributed by atoms with Crippen molar-refractivity contribution in [1.82, 2.24) is 19.8 Å². The van der Waals surface area contributed by atoms with Gasteiger partial charge in [0, 0.05) is 38.2 Å². The second kappa shape index (κ2) is 8.36. The summed E-state index contributed by atoms with van der Waals surface area (Å²) in [6, 6.07) is 3.35. The van der Waals surface area contributed by atoms with Crippen molar-refractivity contribution in [2.45, 2.75) is 45.2 Å². The first kappa shape index (κ1) is 24.4. The first-order chi connectivity index (χ1) is 17.0. The maximum absolute atomic E-state index is 14.3. The predicted molar refractivity (Wildman–Crippen MR) is 132 cm³/mol. The molecule has 1 spiro atoms. The first-order valence-electron chi connectivity index (χ1n) is 11.8. The SMILES string of the molecule is CC(c1nnc(-c2cn3c(c(O)c2=O)C(=O)N(C)C2(CC[C@@H](C)[C@H]2C)N3C)s1)c1ccc(F)cc1F. The minimum absolute atomic E-state index is 0.0878. The number of aromatic hydroxyl groups is 1. The molecular formula is C25H27F2N5O3S. The van der Waals surface area contributed by atoms with Crippen LogP contribution in [0.15, 0.2) is 29.2 Å². The van der Waals surface area contributed by atoms with Gasteiger partial charge in [0.25, 0.3) is 5.91 Å². The van der Waals surface area contributed by atoms with Crippen LogP contribution in [0.5, 0.6) is 5.75 Å². The number of nitrogens with zero attached hydrogens (tertiary/aromatic N) is 5. The summed E-state index contributed by atoms with van der Waals surface area (Å²) in [4.78, 5) is 28.2. The number of pyridine rings is 1. The van der Waals surface area contributed by atoms with Crippen LogP contribution >= 0.6 is 11.3 Å². The summed E-state index contributed by atoms with van der Waals surface area (Å²) in [7, 11) is 3.56. The third-order valence-corrected chi connectivity index (χ3v) is 9.30. The number of amides is 1. The molecule has 1 saturated carbocycles. The molecule has 2 unspecified atom stereocenters. The molecule has 8 nitrogen and oxygen atoms in total. The minimum atomic E-state index is -0.733. The molecule has 0 radical (unpaired) electrons. The van der Waals surface area contributed by atoms with Gasteiger partial charge in [0.15, 0.2) is 16.5 Å². The Morgan fingerprint density at radius 2 is 1.92 bits per heavy atom. The van der Waals surface area contributed by atoms with Crippen LogP contribution < -0.4 is 10.4 Å². The lowest BCUT2D eigenvalue weighted by molar-refractivity contribution is 0.0231. The van der Waals surface area contributed by atoms with Gasteiger partial charge in [0.1, 0.15) is 22.3 Å². The van der Waals surface area contributed by atoms with Crippen LogP contribution in [0.3, 0.4) is 0 Å². The van der Waals surface area contributed by atoms with E-state index in [1.165, 1.54) is 18.3 Å². The van der Waals surface area contributed by atoms with Gasteiger partial charge in [-0.15, -0.1) is 10.2 Å². The second-order valence-corrected chi connectivity index (χ2v) is 10.8. The van der Waals surface area contributed by atoms with Crippen LogP contribution in [-0.2, 0) is 0 Å². The van der Waals surface area contributed by atoms with Crippen molar-refractivity contribution >= 4 is 17.2 Å². The van der Waals surface area contributed by atoms with E-state index in [1.807, 2.05) is 12.1 Å². The van der Waals surface area contributed by atoms with Crippen LogP contribution in [0.1, 0.15) is 60.6 Å². The highest BCUT2D eigenvalue weighted by Gasteiger charge is 2.55.